The molecule has 0 bridgehead atoms. The van der Waals surface area contributed by atoms with Crippen LogP contribution in [-0.2, 0) is 0 Å². The zero-order valence-corrected chi connectivity index (χ0v) is 9.29. The fourth-order valence-corrected chi connectivity index (χ4v) is 1.24. The summed E-state index contributed by atoms with van der Waals surface area (Å²) in [5, 5.41) is 31.2. The summed E-state index contributed by atoms with van der Waals surface area (Å²) in [6.07, 6.45) is -1.08. The van der Waals surface area contributed by atoms with Gasteiger partial charge >= 0.3 is 0 Å². The predicted octanol–water partition coefficient (Wildman–Crippen LogP) is 0.716. The SMILES string of the molecule is CC(O)Oc1cc([N+](=O)[O-])ccc1NCCO. The van der Waals surface area contributed by atoms with Crippen LogP contribution in [0.5, 0.6) is 5.75 Å². The summed E-state index contributed by atoms with van der Waals surface area (Å²) in [6.45, 7) is 1.60. The average molecular weight is 242 g/mol. The second-order valence-corrected chi connectivity index (χ2v) is 3.31. The first-order valence-electron chi connectivity index (χ1n) is 5.02. The van der Waals surface area contributed by atoms with Gasteiger partial charge in [-0.15, -0.1) is 0 Å². The molecule has 7 nitrogen and oxygen atoms in total. The largest absolute Gasteiger partial charge is 0.463 e. The first-order chi connectivity index (χ1) is 8.04. The standard InChI is InChI=1S/C10H14N2O5/c1-7(14)17-10-6-8(12(15)16)2-3-9(10)11-4-5-13/h2-3,6-7,11,13-14H,4-5H2,1H3. The monoisotopic (exact) mass is 242 g/mol. The van der Waals surface area contributed by atoms with Gasteiger partial charge in [-0.3, -0.25) is 10.1 Å². The molecule has 0 spiro atoms. The van der Waals surface area contributed by atoms with Gasteiger partial charge < -0.3 is 20.3 Å². The molecule has 0 aliphatic carbocycles. The van der Waals surface area contributed by atoms with Crippen LogP contribution in [0.3, 0.4) is 0 Å². The molecule has 17 heavy (non-hydrogen) atoms. The van der Waals surface area contributed by atoms with Crippen LogP contribution in [0, 0.1) is 10.1 Å². The van der Waals surface area contributed by atoms with Crippen LogP contribution in [0.1, 0.15) is 6.92 Å². The molecule has 0 radical (unpaired) electrons. The molecule has 0 saturated carbocycles. The summed E-state index contributed by atoms with van der Waals surface area (Å²) in [5.41, 5.74) is 0.348. The lowest BCUT2D eigenvalue weighted by Gasteiger charge is -2.14. The average Bonchev–Trinajstić information content (AvgIpc) is 2.26. The van der Waals surface area contributed by atoms with E-state index in [2.05, 4.69) is 5.32 Å². The summed E-state index contributed by atoms with van der Waals surface area (Å²) >= 11 is 0. The van der Waals surface area contributed by atoms with E-state index in [9.17, 15) is 10.1 Å². The molecule has 7 heteroatoms. The number of hydrogen-bond acceptors (Lipinski definition) is 6. The van der Waals surface area contributed by atoms with E-state index in [-0.39, 0.29) is 24.6 Å². The second kappa shape index (κ2) is 6.02. The summed E-state index contributed by atoms with van der Waals surface area (Å²) in [5.74, 6) is 0.169. The Bertz CT molecular complexity index is 394. The number of ether oxygens (including phenoxy) is 1. The maximum atomic E-state index is 10.6. The quantitative estimate of drug-likeness (QED) is 0.385. The highest BCUT2D eigenvalue weighted by molar-refractivity contribution is 5.60. The highest BCUT2D eigenvalue weighted by Crippen LogP contribution is 2.29. The number of hydrogen-bond donors (Lipinski definition) is 3. The fraction of sp³-hybridized carbons (Fsp3) is 0.400. The first-order valence-corrected chi connectivity index (χ1v) is 5.02. The van der Waals surface area contributed by atoms with Crippen molar-refractivity contribution in [2.75, 3.05) is 18.5 Å². The summed E-state index contributed by atoms with van der Waals surface area (Å²) in [7, 11) is 0. The van der Waals surface area contributed by atoms with Gasteiger partial charge in [-0.2, -0.15) is 0 Å². The van der Waals surface area contributed by atoms with Crippen molar-refractivity contribution in [1.82, 2.24) is 0 Å². The predicted molar refractivity (Wildman–Crippen MR) is 61.0 cm³/mol. The van der Waals surface area contributed by atoms with Crippen LogP contribution >= 0.6 is 0 Å². The Kier molecular flexibility index (Phi) is 4.68. The maximum absolute atomic E-state index is 10.6. The normalized spacial score (nSPS) is 11.9. The number of anilines is 1. The summed E-state index contributed by atoms with van der Waals surface area (Å²) < 4.78 is 5.04. The molecular weight excluding hydrogens is 228 g/mol. The van der Waals surface area contributed by atoms with E-state index in [0.29, 0.717) is 5.69 Å². The van der Waals surface area contributed by atoms with E-state index < -0.39 is 11.2 Å². The van der Waals surface area contributed by atoms with Crippen LogP contribution in [-0.4, -0.2) is 34.6 Å². The third kappa shape index (κ3) is 3.89. The molecule has 0 amide bonds. The minimum Gasteiger partial charge on any atom is -0.463 e. The van der Waals surface area contributed by atoms with Crippen molar-refractivity contribution < 1.29 is 19.9 Å². The van der Waals surface area contributed by atoms with Gasteiger partial charge in [0.1, 0.15) is 0 Å². The Morgan fingerprint density at radius 2 is 2.29 bits per heavy atom. The molecule has 0 aliphatic heterocycles. The molecule has 0 heterocycles. The van der Waals surface area contributed by atoms with Gasteiger partial charge in [0.25, 0.3) is 5.69 Å². The lowest BCUT2D eigenvalue weighted by molar-refractivity contribution is -0.384. The third-order valence-corrected chi connectivity index (χ3v) is 1.90. The van der Waals surface area contributed by atoms with Gasteiger partial charge in [0, 0.05) is 12.6 Å². The van der Waals surface area contributed by atoms with Crippen LogP contribution < -0.4 is 10.1 Å². The fourth-order valence-electron chi connectivity index (χ4n) is 1.24. The Hall–Kier alpha value is -1.86. The first kappa shape index (κ1) is 13.2. The smallest absolute Gasteiger partial charge is 0.273 e. The van der Waals surface area contributed by atoms with Crippen LogP contribution in [0.15, 0.2) is 18.2 Å². The Morgan fingerprint density at radius 1 is 1.59 bits per heavy atom. The zero-order chi connectivity index (χ0) is 12.8. The molecule has 94 valence electrons. The highest BCUT2D eigenvalue weighted by Gasteiger charge is 2.13. The zero-order valence-electron chi connectivity index (χ0n) is 9.29. The van der Waals surface area contributed by atoms with E-state index >= 15 is 0 Å². The molecule has 0 aliphatic rings. The van der Waals surface area contributed by atoms with Gasteiger partial charge in [0.15, 0.2) is 12.0 Å². The Balaban J connectivity index is 2.98. The number of rotatable bonds is 6. The number of aliphatic hydroxyl groups excluding tert-OH is 2. The number of nitro benzene ring substituents is 1. The van der Waals surface area contributed by atoms with Gasteiger partial charge in [0.2, 0.25) is 0 Å². The summed E-state index contributed by atoms with van der Waals surface area (Å²) in [6, 6.07) is 3.99. The number of nitrogens with zero attached hydrogens (tertiary/aromatic N) is 1. The molecule has 0 saturated heterocycles. The van der Waals surface area contributed by atoms with E-state index in [1.165, 1.54) is 25.1 Å². The minimum absolute atomic E-state index is 0.0783. The van der Waals surface area contributed by atoms with Crippen molar-refractivity contribution in [2.24, 2.45) is 0 Å². The van der Waals surface area contributed by atoms with E-state index in [0.717, 1.165) is 0 Å². The topological polar surface area (TPSA) is 105 Å². The van der Waals surface area contributed by atoms with E-state index in [4.69, 9.17) is 14.9 Å². The maximum Gasteiger partial charge on any atom is 0.273 e. The van der Waals surface area contributed by atoms with Crippen molar-refractivity contribution in [3.8, 4) is 5.75 Å². The highest BCUT2D eigenvalue weighted by atomic mass is 16.6. The van der Waals surface area contributed by atoms with Gasteiger partial charge in [-0.05, 0) is 13.0 Å². The van der Waals surface area contributed by atoms with Gasteiger partial charge in [-0.25, -0.2) is 0 Å². The second-order valence-electron chi connectivity index (χ2n) is 3.31. The molecule has 1 aromatic carbocycles. The van der Waals surface area contributed by atoms with Crippen LogP contribution in [0.4, 0.5) is 11.4 Å². The van der Waals surface area contributed by atoms with Crippen molar-refractivity contribution in [3.63, 3.8) is 0 Å². The molecule has 1 aromatic rings. The number of nitrogens with one attached hydrogen (secondary N) is 1. The molecule has 3 N–H and O–H groups in total. The summed E-state index contributed by atoms with van der Waals surface area (Å²) in [4.78, 5) is 10.0. The number of non-ortho nitro benzene ring substituents is 1. The molecule has 0 fully saturated rings. The Morgan fingerprint density at radius 3 is 2.82 bits per heavy atom. The molecule has 1 atom stereocenters. The van der Waals surface area contributed by atoms with Crippen molar-refractivity contribution in [3.05, 3.63) is 28.3 Å². The van der Waals surface area contributed by atoms with Crippen LogP contribution in [0.2, 0.25) is 0 Å². The van der Waals surface area contributed by atoms with Crippen molar-refractivity contribution in [1.29, 1.82) is 0 Å². The lowest BCUT2D eigenvalue weighted by atomic mass is 10.2. The van der Waals surface area contributed by atoms with Crippen molar-refractivity contribution in [2.45, 2.75) is 13.2 Å². The van der Waals surface area contributed by atoms with Gasteiger partial charge in [0.05, 0.1) is 23.3 Å². The molecular formula is C10H14N2O5. The van der Waals surface area contributed by atoms with E-state index in [1.807, 2.05) is 0 Å². The van der Waals surface area contributed by atoms with Gasteiger partial charge in [-0.1, -0.05) is 0 Å². The lowest BCUT2D eigenvalue weighted by Crippen LogP contribution is -2.13. The van der Waals surface area contributed by atoms with E-state index in [1.54, 1.807) is 0 Å². The third-order valence-electron chi connectivity index (χ3n) is 1.90. The van der Waals surface area contributed by atoms with Crippen molar-refractivity contribution >= 4 is 11.4 Å². The minimum atomic E-state index is -1.08. The number of nitro groups is 1. The molecule has 1 unspecified atom stereocenters. The van der Waals surface area contributed by atoms with Crippen LogP contribution in [0.25, 0.3) is 0 Å². The molecule has 1 rings (SSSR count). The Labute approximate surface area is 97.8 Å². The number of benzene rings is 1. The number of aliphatic hydroxyl groups is 2. The molecule has 0 aromatic heterocycles.